The molecule has 1 amide bonds. The van der Waals surface area contributed by atoms with Crippen molar-refractivity contribution in [3.05, 3.63) is 12.7 Å². The lowest BCUT2D eigenvalue weighted by molar-refractivity contribution is -0.148. The lowest BCUT2D eigenvalue weighted by Gasteiger charge is -2.32. The second-order valence-electron chi connectivity index (χ2n) is 9.99. The molecule has 29 heavy (non-hydrogen) atoms. The highest BCUT2D eigenvalue weighted by molar-refractivity contribution is 5.92. The Morgan fingerprint density at radius 1 is 1.24 bits per heavy atom. The van der Waals surface area contributed by atoms with E-state index < -0.39 is 23.7 Å². The second kappa shape index (κ2) is 8.88. The molecule has 164 valence electrons. The Bertz CT molecular complexity index is 648. The van der Waals surface area contributed by atoms with E-state index in [9.17, 15) is 14.4 Å². The van der Waals surface area contributed by atoms with Crippen LogP contribution in [0.1, 0.15) is 66.7 Å². The van der Waals surface area contributed by atoms with Gasteiger partial charge < -0.3 is 9.47 Å². The van der Waals surface area contributed by atoms with Crippen LogP contribution in [0.3, 0.4) is 0 Å². The molecule has 2 rings (SSSR count). The molecular weight excluding hydrogens is 370 g/mol. The van der Waals surface area contributed by atoms with Gasteiger partial charge in [-0.2, -0.15) is 0 Å². The van der Waals surface area contributed by atoms with E-state index >= 15 is 0 Å². The highest BCUT2D eigenvalue weighted by Crippen LogP contribution is 2.65. The molecule has 0 spiro atoms. The van der Waals surface area contributed by atoms with Crippen LogP contribution in [0.4, 0.5) is 4.79 Å². The van der Waals surface area contributed by atoms with Crippen LogP contribution in [0, 0.1) is 23.2 Å². The van der Waals surface area contributed by atoms with Gasteiger partial charge in [0.05, 0.1) is 19.1 Å². The molecule has 1 aliphatic carbocycles. The first kappa shape index (κ1) is 23.4. The molecule has 6 nitrogen and oxygen atoms in total. The number of nitrogens with zero attached hydrogens (tertiary/aromatic N) is 1. The van der Waals surface area contributed by atoms with Crippen molar-refractivity contribution in [2.45, 2.75) is 78.4 Å². The molecular formula is C23H37NO5. The lowest BCUT2D eigenvalue weighted by atomic mass is 9.90. The number of amides is 1. The first-order chi connectivity index (χ1) is 13.4. The molecule has 1 saturated heterocycles. The van der Waals surface area contributed by atoms with Crippen molar-refractivity contribution in [1.82, 2.24) is 4.90 Å². The summed E-state index contributed by atoms with van der Waals surface area (Å²) in [6.45, 7) is 14.0. The van der Waals surface area contributed by atoms with Crippen LogP contribution in [0.5, 0.6) is 0 Å². The number of ketones is 1. The van der Waals surface area contributed by atoms with Gasteiger partial charge in [-0.25, -0.2) is 4.79 Å². The number of methoxy groups -OCH3 is 1. The molecule has 1 heterocycles. The van der Waals surface area contributed by atoms with Gasteiger partial charge in [0.25, 0.3) is 0 Å². The standard InChI is InChI=1S/C23H37NO5/c1-8-9-10-11-12-15(20(26)28-7)13-17(25)19-18-16(23(18,5)6)14-24(19)21(27)29-22(2,3)4/h8,15-16,18-19H,1,9-14H2,2-7H3/t15-,16?,18+,19-/m1/s1. The molecule has 0 N–H and O–H groups in total. The van der Waals surface area contributed by atoms with Crippen LogP contribution in [0.25, 0.3) is 0 Å². The topological polar surface area (TPSA) is 72.9 Å². The first-order valence-corrected chi connectivity index (χ1v) is 10.6. The third-order valence-corrected chi connectivity index (χ3v) is 6.36. The van der Waals surface area contributed by atoms with E-state index in [-0.39, 0.29) is 29.5 Å². The van der Waals surface area contributed by atoms with Gasteiger partial charge in [0.2, 0.25) is 0 Å². The summed E-state index contributed by atoms with van der Waals surface area (Å²) in [5.74, 6) is -0.466. The number of esters is 1. The molecule has 0 aromatic rings. The van der Waals surface area contributed by atoms with Gasteiger partial charge in [-0.3, -0.25) is 14.5 Å². The molecule has 0 bridgehead atoms. The van der Waals surface area contributed by atoms with Crippen molar-refractivity contribution in [3.8, 4) is 0 Å². The van der Waals surface area contributed by atoms with Crippen LogP contribution < -0.4 is 0 Å². The summed E-state index contributed by atoms with van der Waals surface area (Å²) in [6, 6.07) is -0.523. The molecule has 1 saturated carbocycles. The Hall–Kier alpha value is -1.85. The number of carbonyl (C=O) groups excluding carboxylic acids is 3. The number of carbonyl (C=O) groups is 3. The third-order valence-electron chi connectivity index (χ3n) is 6.36. The average molecular weight is 408 g/mol. The van der Waals surface area contributed by atoms with Gasteiger partial charge in [-0.1, -0.05) is 26.3 Å². The van der Waals surface area contributed by atoms with Crippen LogP contribution in [-0.2, 0) is 19.1 Å². The van der Waals surface area contributed by atoms with Crippen molar-refractivity contribution >= 4 is 17.8 Å². The van der Waals surface area contributed by atoms with Crippen molar-refractivity contribution in [3.63, 3.8) is 0 Å². The molecule has 2 fully saturated rings. The number of unbranched alkanes of at least 4 members (excludes halogenated alkanes) is 2. The van der Waals surface area contributed by atoms with E-state index in [0.717, 1.165) is 19.3 Å². The minimum Gasteiger partial charge on any atom is -0.469 e. The normalized spacial score (nSPS) is 25.7. The Labute approximate surface area is 175 Å². The Morgan fingerprint density at radius 2 is 1.90 bits per heavy atom. The summed E-state index contributed by atoms with van der Waals surface area (Å²) in [6.07, 6.45) is 4.75. The predicted molar refractivity (Wildman–Crippen MR) is 111 cm³/mol. The first-order valence-electron chi connectivity index (χ1n) is 10.6. The monoisotopic (exact) mass is 407 g/mol. The Kier molecular flexibility index (Phi) is 7.18. The number of piperidine rings is 1. The Morgan fingerprint density at radius 3 is 2.45 bits per heavy atom. The molecule has 1 aliphatic heterocycles. The van der Waals surface area contributed by atoms with Crippen LogP contribution in [-0.4, -0.2) is 48.0 Å². The zero-order valence-corrected chi connectivity index (χ0v) is 18.8. The molecule has 0 aromatic heterocycles. The zero-order chi connectivity index (χ0) is 22.0. The van der Waals surface area contributed by atoms with Gasteiger partial charge in [-0.15, -0.1) is 6.58 Å². The Balaban J connectivity index is 2.11. The third kappa shape index (κ3) is 5.40. The van der Waals surface area contributed by atoms with Gasteiger partial charge >= 0.3 is 12.1 Å². The van der Waals surface area contributed by atoms with E-state index in [0.29, 0.717) is 18.9 Å². The summed E-state index contributed by atoms with van der Waals surface area (Å²) >= 11 is 0. The number of fused-ring (bicyclic) bond motifs is 1. The number of Topliss-reactive ketones (excluding diaryl/α,β-unsaturated/α-hetero) is 1. The highest BCUT2D eigenvalue weighted by Gasteiger charge is 2.69. The van der Waals surface area contributed by atoms with Crippen LogP contribution >= 0.6 is 0 Å². The van der Waals surface area contributed by atoms with Crippen molar-refractivity contribution in [2.24, 2.45) is 23.2 Å². The molecule has 6 heteroatoms. The largest absolute Gasteiger partial charge is 0.469 e. The predicted octanol–water partition coefficient (Wildman–Crippen LogP) is 4.37. The maximum atomic E-state index is 13.3. The summed E-state index contributed by atoms with van der Waals surface area (Å²) in [7, 11) is 1.35. The summed E-state index contributed by atoms with van der Waals surface area (Å²) < 4.78 is 10.5. The molecule has 2 aliphatic rings. The minimum atomic E-state index is -0.618. The SMILES string of the molecule is C=CCCCC[C@H](CC(=O)[C@@H]1[C@@H]2C(CN1C(=O)OC(C)(C)C)C2(C)C)C(=O)OC. The number of likely N-dealkylation sites (tertiary alicyclic amines) is 1. The fourth-order valence-corrected chi connectivity index (χ4v) is 4.68. The van der Waals surface area contributed by atoms with Crippen molar-refractivity contribution in [1.29, 1.82) is 0 Å². The number of ether oxygens (including phenoxy) is 2. The zero-order valence-electron chi connectivity index (χ0n) is 18.8. The maximum Gasteiger partial charge on any atom is 0.410 e. The molecule has 0 radical (unpaired) electrons. The lowest BCUT2D eigenvalue weighted by Crippen LogP contribution is -2.48. The smallest absolute Gasteiger partial charge is 0.410 e. The van der Waals surface area contributed by atoms with Crippen molar-refractivity contribution < 1.29 is 23.9 Å². The highest BCUT2D eigenvalue weighted by atomic mass is 16.6. The quantitative estimate of drug-likeness (QED) is 0.322. The number of allylic oxidation sites excluding steroid dienone is 1. The van der Waals surface area contributed by atoms with Gasteiger partial charge in [0.1, 0.15) is 5.60 Å². The van der Waals surface area contributed by atoms with Crippen LogP contribution in [0.15, 0.2) is 12.7 Å². The molecule has 4 atom stereocenters. The van der Waals surface area contributed by atoms with E-state index in [2.05, 4.69) is 20.4 Å². The van der Waals surface area contributed by atoms with Crippen molar-refractivity contribution in [2.75, 3.05) is 13.7 Å². The minimum absolute atomic E-state index is 0.0313. The maximum absolute atomic E-state index is 13.3. The van der Waals surface area contributed by atoms with E-state index in [1.807, 2.05) is 26.8 Å². The summed E-state index contributed by atoms with van der Waals surface area (Å²) in [5.41, 5.74) is -0.587. The fourth-order valence-electron chi connectivity index (χ4n) is 4.68. The van der Waals surface area contributed by atoms with Gasteiger partial charge in [0, 0.05) is 13.0 Å². The molecule has 0 aromatic carbocycles. The van der Waals surface area contributed by atoms with Crippen LogP contribution in [0.2, 0.25) is 0 Å². The number of hydrogen-bond acceptors (Lipinski definition) is 5. The molecule has 1 unspecified atom stereocenters. The van der Waals surface area contributed by atoms with Gasteiger partial charge in [-0.05, 0) is 57.3 Å². The summed E-state index contributed by atoms with van der Waals surface area (Å²) in [4.78, 5) is 39.9. The van der Waals surface area contributed by atoms with Gasteiger partial charge in [0.15, 0.2) is 5.78 Å². The second-order valence-corrected chi connectivity index (χ2v) is 9.99. The number of hydrogen-bond donors (Lipinski definition) is 0. The fraction of sp³-hybridized carbons (Fsp3) is 0.783. The summed E-state index contributed by atoms with van der Waals surface area (Å²) in [5, 5.41) is 0. The van der Waals surface area contributed by atoms with E-state index in [1.165, 1.54) is 7.11 Å². The average Bonchev–Trinajstić information content (AvgIpc) is 2.96. The van der Waals surface area contributed by atoms with E-state index in [1.54, 1.807) is 4.90 Å². The van der Waals surface area contributed by atoms with E-state index in [4.69, 9.17) is 9.47 Å². The number of rotatable bonds is 9.